The zero-order valence-corrected chi connectivity index (χ0v) is 13.2. The van der Waals surface area contributed by atoms with Crippen LogP contribution in [0.2, 0.25) is 5.02 Å². The van der Waals surface area contributed by atoms with Gasteiger partial charge in [-0.15, -0.1) is 0 Å². The Morgan fingerprint density at radius 2 is 2.30 bits per heavy atom. The molecule has 0 radical (unpaired) electrons. The number of piperidine rings is 1. The molecule has 1 fully saturated rings. The average Bonchev–Trinajstić information content (AvgIpc) is 2.41. The van der Waals surface area contributed by atoms with E-state index >= 15 is 0 Å². The Bertz CT molecular complexity index is 438. The van der Waals surface area contributed by atoms with Gasteiger partial charge in [0.1, 0.15) is 0 Å². The highest BCUT2D eigenvalue weighted by Gasteiger charge is 2.35. The Balaban J connectivity index is 2.04. The van der Waals surface area contributed by atoms with Gasteiger partial charge < -0.3 is 5.11 Å². The lowest BCUT2D eigenvalue weighted by atomic mass is 9.74. The van der Waals surface area contributed by atoms with Crippen molar-refractivity contribution < 1.29 is 5.11 Å². The van der Waals surface area contributed by atoms with Gasteiger partial charge in [-0.05, 0) is 43.4 Å². The van der Waals surface area contributed by atoms with E-state index in [2.05, 4.69) is 23.7 Å². The lowest BCUT2D eigenvalue weighted by Crippen LogP contribution is -2.45. The molecule has 1 N–H and O–H groups in total. The Morgan fingerprint density at radius 1 is 1.50 bits per heavy atom. The van der Waals surface area contributed by atoms with Gasteiger partial charge in [0, 0.05) is 37.5 Å². The first kappa shape index (κ1) is 15.7. The van der Waals surface area contributed by atoms with E-state index < -0.39 is 0 Å². The molecule has 112 valence electrons. The zero-order chi connectivity index (χ0) is 14.6. The maximum Gasteiger partial charge on any atom is 0.0634 e. The summed E-state index contributed by atoms with van der Waals surface area (Å²) in [7, 11) is 0. The van der Waals surface area contributed by atoms with Crippen LogP contribution >= 0.6 is 11.6 Å². The van der Waals surface area contributed by atoms with E-state index in [4.69, 9.17) is 11.6 Å². The van der Waals surface area contributed by atoms with E-state index in [-0.39, 0.29) is 12.0 Å². The molecule has 2 heterocycles. The predicted molar refractivity (Wildman–Crippen MR) is 82.7 cm³/mol. The number of nitrogens with zero attached hydrogens (tertiary/aromatic N) is 2. The van der Waals surface area contributed by atoms with Gasteiger partial charge in [-0.25, -0.2) is 0 Å². The normalized spacial score (nSPS) is 24.2. The van der Waals surface area contributed by atoms with Crippen LogP contribution in [-0.4, -0.2) is 34.7 Å². The molecule has 4 heteroatoms. The minimum atomic E-state index is 0.0614. The van der Waals surface area contributed by atoms with E-state index in [1.54, 1.807) is 12.4 Å². The van der Waals surface area contributed by atoms with Crippen molar-refractivity contribution in [1.82, 2.24) is 9.88 Å². The van der Waals surface area contributed by atoms with Gasteiger partial charge in [-0.1, -0.05) is 25.4 Å². The van der Waals surface area contributed by atoms with Crippen LogP contribution in [0.25, 0.3) is 0 Å². The van der Waals surface area contributed by atoms with Crippen LogP contribution in [0, 0.1) is 11.3 Å². The molecule has 0 aliphatic carbocycles. The van der Waals surface area contributed by atoms with E-state index in [0.29, 0.717) is 5.92 Å². The number of aromatic nitrogens is 1. The number of rotatable bonds is 5. The number of halogens is 1. The number of aliphatic hydroxyl groups is 1. The van der Waals surface area contributed by atoms with Crippen LogP contribution in [0.3, 0.4) is 0 Å². The smallest absolute Gasteiger partial charge is 0.0634 e. The van der Waals surface area contributed by atoms with Gasteiger partial charge in [0.2, 0.25) is 0 Å². The standard InChI is InChI=1S/C16H25ClN2O/c1-13(2)8-16(12-20)5-3-7-19(11-16)10-14-4-6-18-9-15(14)17/h4,6,9,13,20H,3,5,7-8,10-12H2,1-2H3/t16-/m0/s1. The summed E-state index contributed by atoms with van der Waals surface area (Å²) >= 11 is 6.19. The van der Waals surface area contributed by atoms with E-state index in [1.807, 2.05) is 6.07 Å². The van der Waals surface area contributed by atoms with Crippen molar-refractivity contribution in [3.8, 4) is 0 Å². The third kappa shape index (κ3) is 3.94. The molecule has 1 aliphatic rings. The first-order valence-electron chi connectivity index (χ1n) is 7.46. The SMILES string of the molecule is CC(C)C[C@@]1(CO)CCCN(Cc2ccncc2Cl)C1. The van der Waals surface area contributed by atoms with Crippen molar-refractivity contribution >= 4 is 11.6 Å². The largest absolute Gasteiger partial charge is 0.396 e. The fourth-order valence-corrected chi connectivity index (χ4v) is 3.62. The molecule has 1 aliphatic heterocycles. The molecule has 0 saturated carbocycles. The summed E-state index contributed by atoms with van der Waals surface area (Å²) in [5, 5.41) is 10.6. The Kier molecular flexibility index (Phi) is 5.42. The van der Waals surface area contributed by atoms with Crippen LogP contribution < -0.4 is 0 Å². The molecule has 0 bridgehead atoms. The molecular weight excluding hydrogens is 272 g/mol. The van der Waals surface area contributed by atoms with E-state index in [0.717, 1.165) is 49.5 Å². The summed E-state index contributed by atoms with van der Waals surface area (Å²) < 4.78 is 0. The average molecular weight is 297 g/mol. The molecule has 3 nitrogen and oxygen atoms in total. The van der Waals surface area contributed by atoms with Crippen molar-refractivity contribution in [3.63, 3.8) is 0 Å². The van der Waals surface area contributed by atoms with Gasteiger partial charge in [-0.2, -0.15) is 0 Å². The monoisotopic (exact) mass is 296 g/mol. The molecule has 0 aromatic carbocycles. The van der Waals surface area contributed by atoms with Crippen LogP contribution in [0.5, 0.6) is 0 Å². The molecule has 2 rings (SSSR count). The van der Waals surface area contributed by atoms with Crippen molar-refractivity contribution in [2.75, 3.05) is 19.7 Å². The van der Waals surface area contributed by atoms with Gasteiger partial charge in [-0.3, -0.25) is 9.88 Å². The lowest BCUT2D eigenvalue weighted by Gasteiger charge is -2.43. The molecule has 0 spiro atoms. The van der Waals surface area contributed by atoms with E-state index in [9.17, 15) is 5.11 Å². The highest BCUT2D eigenvalue weighted by Crippen LogP contribution is 2.36. The number of pyridine rings is 1. The van der Waals surface area contributed by atoms with Crippen LogP contribution in [0.1, 0.15) is 38.7 Å². The summed E-state index contributed by atoms with van der Waals surface area (Å²) in [6.07, 6.45) is 6.86. The number of hydrogen-bond acceptors (Lipinski definition) is 3. The second-order valence-electron chi connectivity index (χ2n) is 6.54. The summed E-state index contributed by atoms with van der Waals surface area (Å²) in [6, 6.07) is 1.99. The predicted octanol–water partition coefficient (Wildman–Crippen LogP) is 3.36. The Hall–Kier alpha value is -0.640. The first-order valence-corrected chi connectivity index (χ1v) is 7.84. The minimum absolute atomic E-state index is 0.0614. The van der Waals surface area contributed by atoms with Crippen molar-refractivity contribution in [2.24, 2.45) is 11.3 Å². The van der Waals surface area contributed by atoms with Crippen LogP contribution in [0.4, 0.5) is 0 Å². The molecule has 0 unspecified atom stereocenters. The van der Waals surface area contributed by atoms with Crippen LogP contribution in [0.15, 0.2) is 18.5 Å². The van der Waals surface area contributed by atoms with Gasteiger partial charge >= 0.3 is 0 Å². The van der Waals surface area contributed by atoms with Gasteiger partial charge in [0.05, 0.1) is 5.02 Å². The molecule has 1 aromatic rings. The minimum Gasteiger partial charge on any atom is -0.396 e. The second kappa shape index (κ2) is 6.88. The molecule has 1 atom stereocenters. The number of aliphatic hydroxyl groups excluding tert-OH is 1. The molecule has 20 heavy (non-hydrogen) atoms. The highest BCUT2D eigenvalue weighted by molar-refractivity contribution is 6.31. The van der Waals surface area contributed by atoms with E-state index in [1.165, 1.54) is 0 Å². The highest BCUT2D eigenvalue weighted by atomic mass is 35.5. The quantitative estimate of drug-likeness (QED) is 0.905. The summed E-state index contributed by atoms with van der Waals surface area (Å²) in [4.78, 5) is 6.45. The maximum absolute atomic E-state index is 9.87. The Morgan fingerprint density at radius 3 is 2.95 bits per heavy atom. The van der Waals surface area contributed by atoms with Crippen molar-refractivity contribution in [2.45, 2.75) is 39.7 Å². The molecule has 0 amide bonds. The van der Waals surface area contributed by atoms with Gasteiger partial charge in [0.15, 0.2) is 0 Å². The lowest BCUT2D eigenvalue weighted by molar-refractivity contribution is 0.0133. The molecular formula is C16H25ClN2O. The van der Waals surface area contributed by atoms with Crippen molar-refractivity contribution in [3.05, 3.63) is 29.0 Å². The Labute approximate surface area is 127 Å². The van der Waals surface area contributed by atoms with Gasteiger partial charge in [0.25, 0.3) is 0 Å². The fraction of sp³-hybridized carbons (Fsp3) is 0.688. The van der Waals surface area contributed by atoms with Crippen molar-refractivity contribution in [1.29, 1.82) is 0 Å². The number of likely N-dealkylation sites (tertiary alicyclic amines) is 1. The third-order valence-electron chi connectivity index (χ3n) is 4.17. The summed E-state index contributed by atoms with van der Waals surface area (Å²) in [5.41, 5.74) is 1.19. The second-order valence-corrected chi connectivity index (χ2v) is 6.94. The fourth-order valence-electron chi connectivity index (χ4n) is 3.44. The first-order chi connectivity index (χ1) is 9.54. The van der Waals surface area contributed by atoms with Crippen LogP contribution in [-0.2, 0) is 6.54 Å². The zero-order valence-electron chi connectivity index (χ0n) is 12.5. The third-order valence-corrected chi connectivity index (χ3v) is 4.51. The topological polar surface area (TPSA) is 36.4 Å². The summed E-state index contributed by atoms with van der Waals surface area (Å²) in [5.74, 6) is 0.617. The molecule has 1 aromatic heterocycles. The summed E-state index contributed by atoms with van der Waals surface area (Å²) in [6.45, 7) is 7.64. The molecule has 1 saturated heterocycles. The number of hydrogen-bond donors (Lipinski definition) is 1. The maximum atomic E-state index is 9.87.